The first-order valence-electron chi connectivity index (χ1n) is 7.82. The van der Waals surface area contributed by atoms with Crippen LogP contribution in [0.4, 0.5) is 0 Å². The second-order valence-corrected chi connectivity index (χ2v) is 5.60. The number of nitrogens with two attached hydrogens (primary N) is 1. The summed E-state index contributed by atoms with van der Waals surface area (Å²) in [6.45, 7) is 10.3. The molecule has 2 N–H and O–H groups in total. The molecule has 0 amide bonds. The number of likely N-dealkylation sites (N-methyl/N-ethyl adjacent to an activating group) is 1. The Kier molecular flexibility index (Phi) is 6.01. The summed E-state index contributed by atoms with van der Waals surface area (Å²) in [6, 6.07) is 0.0428. The Labute approximate surface area is 122 Å². The third-order valence-electron chi connectivity index (χ3n) is 4.20. The Morgan fingerprint density at radius 3 is 3.00 bits per heavy atom. The first-order chi connectivity index (χ1) is 9.76. The molecule has 1 fully saturated rings. The van der Waals surface area contributed by atoms with Crippen molar-refractivity contribution >= 4 is 0 Å². The molecular weight excluding hydrogens is 252 g/mol. The molecule has 2 atom stereocenters. The molecule has 5 nitrogen and oxygen atoms in total. The van der Waals surface area contributed by atoms with E-state index in [1.807, 2.05) is 12.5 Å². The first kappa shape index (κ1) is 15.5. The van der Waals surface area contributed by atoms with Crippen LogP contribution in [0.5, 0.6) is 0 Å². The van der Waals surface area contributed by atoms with E-state index in [-0.39, 0.29) is 6.04 Å². The molecule has 2 heterocycles. The molecule has 5 heteroatoms. The minimum absolute atomic E-state index is 0.0428. The van der Waals surface area contributed by atoms with Crippen LogP contribution in [0, 0.1) is 5.92 Å². The average molecular weight is 280 g/mol. The van der Waals surface area contributed by atoms with Crippen LogP contribution in [0.1, 0.15) is 38.4 Å². The van der Waals surface area contributed by atoms with Crippen molar-refractivity contribution in [2.45, 2.75) is 39.3 Å². The van der Waals surface area contributed by atoms with E-state index < -0.39 is 0 Å². The topological polar surface area (TPSA) is 56.3 Å². The standard InChI is InChI=1S/C15H28N4O/c1-3-6-18(4-2)7-8-19-12-17-10-14(19)15(16)13-5-9-20-11-13/h10,12-13,15H,3-9,11,16H2,1-2H3. The summed E-state index contributed by atoms with van der Waals surface area (Å²) in [4.78, 5) is 6.75. The molecule has 0 bridgehead atoms. The van der Waals surface area contributed by atoms with Crippen LogP contribution < -0.4 is 5.73 Å². The maximum atomic E-state index is 6.39. The summed E-state index contributed by atoms with van der Waals surface area (Å²) in [5.74, 6) is 0.434. The summed E-state index contributed by atoms with van der Waals surface area (Å²) in [5.41, 5.74) is 7.54. The van der Waals surface area contributed by atoms with E-state index in [1.165, 1.54) is 6.42 Å². The quantitative estimate of drug-likeness (QED) is 0.786. The molecule has 2 unspecified atom stereocenters. The van der Waals surface area contributed by atoms with Gasteiger partial charge in [-0.15, -0.1) is 0 Å². The number of ether oxygens (including phenoxy) is 1. The maximum Gasteiger partial charge on any atom is 0.0949 e. The highest BCUT2D eigenvalue weighted by molar-refractivity contribution is 5.07. The molecule has 1 aromatic heterocycles. The van der Waals surface area contributed by atoms with Crippen molar-refractivity contribution in [1.82, 2.24) is 14.5 Å². The lowest BCUT2D eigenvalue weighted by Gasteiger charge is -2.23. The Balaban J connectivity index is 1.93. The van der Waals surface area contributed by atoms with E-state index in [0.717, 1.165) is 51.5 Å². The lowest BCUT2D eigenvalue weighted by atomic mass is 9.97. The number of hydrogen-bond acceptors (Lipinski definition) is 4. The van der Waals surface area contributed by atoms with Crippen molar-refractivity contribution in [2.75, 3.05) is 32.8 Å². The van der Waals surface area contributed by atoms with Crippen LogP contribution in [0.2, 0.25) is 0 Å². The van der Waals surface area contributed by atoms with E-state index in [9.17, 15) is 0 Å². The number of hydrogen-bond donors (Lipinski definition) is 1. The van der Waals surface area contributed by atoms with Crippen molar-refractivity contribution in [3.8, 4) is 0 Å². The van der Waals surface area contributed by atoms with Gasteiger partial charge in [0.1, 0.15) is 0 Å². The van der Waals surface area contributed by atoms with Crippen molar-refractivity contribution in [1.29, 1.82) is 0 Å². The summed E-state index contributed by atoms with van der Waals surface area (Å²) >= 11 is 0. The highest BCUT2D eigenvalue weighted by Crippen LogP contribution is 2.26. The molecule has 1 aliphatic rings. The van der Waals surface area contributed by atoms with Crippen LogP contribution >= 0.6 is 0 Å². The molecule has 20 heavy (non-hydrogen) atoms. The Morgan fingerprint density at radius 1 is 1.50 bits per heavy atom. The fourth-order valence-electron chi connectivity index (χ4n) is 2.87. The van der Waals surface area contributed by atoms with Gasteiger partial charge in [0.05, 0.1) is 24.7 Å². The smallest absolute Gasteiger partial charge is 0.0949 e. The second kappa shape index (κ2) is 7.76. The van der Waals surface area contributed by atoms with Crippen LogP contribution in [0.3, 0.4) is 0 Å². The molecule has 2 rings (SSSR count). The molecule has 0 aliphatic carbocycles. The zero-order valence-corrected chi connectivity index (χ0v) is 12.8. The minimum Gasteiger partial charge on any atom is -0.381 e. The fourth-order valence-corrected chi connectivity index (χ4v) is 2.87. The van der Waals surface area contributed by atoms with Gasteiger partial charge in [-0.05, 0) is 25.9 Å². The molecule has 0 radical (unpaired) electrons. The monoisotopic (exact) mass is 280 g/mol. The lowest BCUT2D eigenvalue weighted by molar-refractivity contribution is 0.180. The molecule has 114 valence electrons. The van der Waals surface area contributed by atoms with E-state index in [1.54, 1.807) is 0 Å². The lowest BCUT2D eigenvalue weighted by Crippen LogP contribution is -2.30. The van der Waals surface area contributed by atoms with Gasteiger partial charge in [-0.3, -0.25) is 0 Å². The summed E-state index contributed by atoms with van der Waals surface area (Å²) in [5, 5.41) is 0. The third-order valence-corrected chi connectivity index (χ3v) is 4.20. The van der Waals surface area contributed by atoms with Gasteiger partial charge < -0.3 is 19.9 Å². The highest BCUT2D eigenvalue weighted by atomic mass is 16.5. The van der Waals surface area contributed by atoms with Gasteiger partial charge in [-0.25, -0.2) is 4.98 Å². The van der Waals surface area contributed by atoms with Gasteiger partial charge in [-0.2, -0.15) is 0 Å². The number of imidazole rings is 1. The number of nitrogens with zero attached hydrogens (tertiary/aromatic N) is 3. The van der Waals surface area contributed by atoms with E-state index in [0.29, 0.717) is 5.92 Å². The summed E-state index contributed by atoms with van der Waals surface area (Å²) in [6.07, 6.45) is 6.08. The third kappa shape index (κ3) is 3.81. The molecule has 0 saturated carbocycles. The van der Waals surface area contributed by atoms with Gasteiger partial charge in [0.25, 0.3) is 0 Å². The van der Waals surface area contributed by atoms with E-state index >= 15 is 0 Å². The Bertz CT molecular complexity index is 387. The van der Waals surface area contributed by atoms with Crippen molar-refractivity contribution < 1.29 is 4.74 Å². The van der Waals surface area contributed by atoms with Crippen LogP contribution in [-0.4, -0.2) is 47.3 Å². The predicted molar refractivity (Wildman–Crippen MR) is 80.5 cm³/mol. The first-order valence-corrected chi connectivity index (χ1v) is 7.82. The van der Waals surface area contributed by atoms with Crippen molar-refractivity contribution in [3.63, 3.8) is 0 Å². The van der Waals surface area contributed by atoms with Crippen LogP contribution in [0.15, 0.2) is 12.5 Å². The van der Waals surface area contributed by atoms with Gasteiger partial charge in [0.15, 0.2) is 0 Å². The Morgan fingerprint density at radius 2 is 2.35 bits per heavy atom. The molecular formula is C15H28N4O. The SMILES string of the molecule is CCCN(CC)CCn1cncc1C(N)C1CCOC1. The molecule has 1 aliphatic heterocycles. The predicted octanol–water partition coefficient (Wildman–Crippen LogP) is 1.65. The van der Waals surface area contributed by atoms with Gasteiger partial charge >= 0.3 is 0 Å². The zero-order chi connectivity index (χ0) is 14.4. The molecule has 1 saturated heterocycles. The van der Waals surface area contributed by atoms with Gasteiger partial charge in [0, 0.05) is 31.8 Å². The van der Waals surface area contributed by atoms with Gasteiger partial charge in [-0.1, -0.05) is 13.8 Å². The minimum atomic E-state index is 0.0428. The average Bonchev–Trinajstić information content (AvgIpc) is 3.13. The van der Waals surface area contributed by atoms with Crippen LogP contribution in [0.25, 0.3) is 0 Å². The number of aromatic nitrogens is 2. The van der Waals surface area contributed by atoms with Gasteiger partial charge in [0.2, 0.25) is 0 Å². The highest BCUT2D eigenvalue weighted by Gasteiger charge is 2.26. The zero-order valence-electron chi connectivity index (χ0n) is 12.8. The Hall–Kier alpha value is -0.910. The fraction of sp³-hybridized carbons (Fsp3) is 0.800. The van der Waals surface area contributed by atoms with Crippen LogP contribution in [-0.2, 0) is 11.3 Å². The van der Waals surface area contributed by atoms with Crippen molar-refractivity contribution in [3.05, 3.63) is 18.2 Å². The summed E-state index contributed by atoms with van der Waals surface area (Å²) in [7, 11) is 0. The van der Waals surface area contributed by atoms with E-state index in [2.05, 4.69) is 28.3 Å². The maximum absolute atomic E-state index is 6.39. The summed E-state index contributed by atoms with van der Waals surface area (Å²) < 4.78 is 7.66. The number of rotatable bonds is 8. The molecule has 1 aromatic rings. The largest absolute Gasteiger partial charge is 0.381 e. The second-order valence-electron chi connectivity index (χ2n) is 5.60. The molecule has 0 aromatic carbocycles. The van der Waals surface area contributed by atoms with Crippen molar-refractivity contribution in [2.24, 2.45) is 11.7 Å². The van der Waals surface area contributed by atoms with E-state index in [4.69, 9.17) is 10.5 Å². The molecule has 0 spiro atoms. The normalized spacial score (nSPS) is 20.7.